The average Bonchev–Trinajstić information content (AvgIpc) is 2.59. The molecule has 0 fully saturated rings. The maximum Gasteiger partial charge on any atom is 0.221 e. The van der Waals surface area contributed by atoms with Gasteiger partial charge in [-0.2, -0.15) is 0 Å². The molecule has 1 unspecified atom stereocenters. The number of nitrogens with one attached hydrogen (secondary N) is 1. The fraction of sp³-hybridized carbons (Fsp3) is 0.111. The van der Waals surface area contributed by atoms with Crippen LogP contribution in [0.15, 0.2) is 29.6 Å². The molecule has 0 saturated heterocycles. The monoisotopic (exact) mass is 239 g/mol. The minimum absolute atomic E-state index is 0.169. The Kier molecular flexibility index (Phi) is 2.71. The molecule has 6 nitrogen and oxygen atoms in total. The van der Waals surface area contributed by atoms with Crippen LogP contribution >= 0.6 is 0 Å². The minimum atomic E-state index is -2.11. The summed E-state index contributed by atoms with van der Waals surface area (Å²) >= 11 is -2.11. The van der Waals surface area contributed by atoms with Crippen molar-refractivity contribution in [1.82, 2.24) is 9.38 Å². The number of hydrogen-bond donors (Lipinski definition) is 2. The van der Waals surface area contributed by atoms with E-state index in [0.29, 0.717) is 11.3 Å². The number of imidazole rings is 1. The zero-order valence-electron chi connectivity index (χ0n) is 8.38. The number of rotatable bonds is 2. The van der Waals surface area contributed by atoms with Crippen LogP contribution in [0.5, 0.6) is 0 Å². The van der Waals surface area contributed by atoms with Gasteiger partial charge in [-0.15, -0.1) is 0 Å². The van der Waals surface area contributed by atoms with E-state index in [1.165, 1.54) is 17.5 Å². The average molecular weight is 239 g/mol. The van der Waals surface area contributed by atoms with Gasteiger partial charge in [-0.05, 0) is 12.1 Å². The zero-order chi connectivity index (χ0) is 11.7. The van der Waals surface area contributed by atoms with E-state index in [4.69, 9.17) is 4.55 Å². The van der Waals surface area contributed by atoms with E-state index in [0.717, 1.165) is 0 Å². The molecule has 0 aliphatic heterocycles. The fourth-order valence-electron chi connectivity index (χ4n) is 1.36. The molecule has 2 aromatic heterocycles. The Bertz CT molecular complexity index is 578. The second-order valence-electron chi connectivity index (χ2n) is 3.17. The van der Waals surface area contributed by atoms with Gasteiger partial charge in [0.15, 0.2) is 5.03 Å². The van der Waals surface area contributed by atoms with Gasteiger partial charge in [-0.3, -0.25) is 9.20 Å². The van der Waals surface area contributed by atoms with Crippen molar-refractivity contribution in [3.8, 4) is 0 Å². The summed E-state index contributed by atoms with van der Waals surface area (Å²) in [5, 5.41) is 2.75. The largest absolute Gasteiger partial charge is 0.325 e. The number of amides is 1. The molecule has 0 bridgehead atoms. The Morgan fingerprint density at radius 2 is 2.31 bits per heavy atom. The van der Waals surface area contributed by atoms with Crippen LogP contribution in [0.2, 0.25) is 0 Å². The summed E-state index contributed by atoms with van der Waals surface area (Å²) in [5.74, 6) is -0.203. The lowest BCUT2D eigenvalue weighted by Gasteiger charge is -2.03. The molecule has 0 aromatic carbocycles. The molecule has 0 radical (unpaired) electrons. The van der Waals surface area contributed by atoms with Crippen molar-refractivity contribution in [2.45, 2.75) is 11.9 Å². The first kappa shape index (κ1) is 10.8. The SMILES string of the molecule is CC(=O)Nc1ccc2ncc(S(=O)O)n2c1. The Morgan fingerprint density at radius 1 is 1.56 bits per heavy atom. The molecule has 2 aromatic rings. The highest BCUT2D eigenvalue weighted by atomic mass is 32.2. The summed E-state index contributed by atoms with van der Waals surface area (Å²) in [6.45, 7) is 1.39. The predicted octanol–water partition coefficient (Wildman–Crippen LogP) is 0.873. The van der Waals surface area contributed by atoms with Gasteiger partial charge < -0.3 is 9.87 Å². The van der Waals surface area contributed by atoms with Gasteiger partial charge in [-0.1, -0.05) is 0 Å². The second kappa shape index (κ2) is 4.03. The summed E-state index contributed by atoms with van der Waals surface area (Å²) in [6.07, 6.45) is 2.87. The van der Waals surface area contributed by atoms with Gasteiger partial charge in [0.1, 0.15) is 5.65 Å². The Labute approximate surface area is 93.6 Å². The standard InChI is InChI=1S/C9H9N3O3S/c1-6(13)11-7-2-3-8-10-4-9(16(14)15)12(8)5-7/h2-5H,1H3,(H,11,13)(H,14,15). The Hall–Kier alpha value is -1.73. The first-order valence-corrected chi connectivity index (χ1v) is 5.54. The van der Waals surface area contributed by atoms with E-state index in [-0.39, 0.29) is 10.9 Å². The predicted molar refractivity (Wildman–Crippen MR) is 58.5 cm³/mol. The first-order valence-electron chi connectivity index (χ1n) is 4.43. The van der Waals surface area contributed by atoms with E-state index < -0.39 is 11.1 Å². The molecule has 0 aliphatic rings. The lowest BCUT2D eigenvalue weighted by molar-refractivity contribution is -0.114. The number of aromatic nitrogens is 2. The van der Waals surface area contributed by atoms with Crippen LogP contribution in [0, 0.1) is 0 Å². The molecule has 16 heavy (non-hydrogen) atoms. The summed E-state index contributed by atoms with van der Waals surface area (Å²) < 4.78 is 21.4. The summed E-state index contributed by atoms with van der Waals surface area (Å²) in [4.78, 5) is 14.8. The van der Waals surface area contributed by atoms with Crippen LogP contribution in [0.25, 0.3) is 5.65 Å². The topological polar surface area (TPSA) is 83.7 Å². The van der Waals surface area contributed by atoms with Crippen molar-refractivity contribution in [3.63, 3.8) is 0 Å². The van der Waals surface area contributed by atoms with E-state index in [1.54, 1.807) is 18.3 Å². The normalized spacial score (nSPS) is 12.6. The van der Waals surface area contributed by atoms with Crippen LogP contribution in [0.1, 0.15) is 6.92 Å². The number of carbonyl (C=O) groups excluding carboxylic acids is 1. The van der Waals surface area contributed by atoms with Gasteiger partial charge in [0.05, 0.1) is 11.9 Å². The second-order valence-corrected chi connectivity index (χ2v) is 4.09. The van der Waals surface area contributed by atoms with Gasteiger partial charge in [0.25, 0.3) is 0 Å². The molecular formula is C9H9N3O3S. The molecule has 2 heterocycles. The molecule has 2 N–H and O–H groups in total. The fourth-order valence-corrected chi connectivity index (χ4v) is 1.82. The maximum atomic E-state index is 11.0. The highest BCUT2D eigenvalue weighted by Gasteiger charge is 2.08. The number of pyridine rings is 1. The van der Waals surface area contributed by atoms with Crippen LogP contribution in [-0.4, -0.2) is 24.1 Å². The molecule has 84 valence electrons. The lowest BCUT2D eigenvalue weighted by Crippen LogP contribution is -2.07. The molecule has 1 atom stereocenters. The Balaban J connectivity index is 2.54. The van der Waals surface area contributed by atoms with E-state index >= 15 is 0 Å². The number of anilines is 1. The number of carbonyl (C=O) groups is 1. The molecule has 0 aliphatic carbocycles. The van der Waals surface area contributed by atoms with Crippen molar-refractivity contribution in [3.05, 3.63) is 24.5 Å². The molecule has 0 spiro atoms. The van der Waals surface area contributed by atoms with Gasteiger partial charge in [0, 0.05) is 13.1 Å². The Morgan fingerprint density at radius 3 is 2.94 bits per heavy atom. The molecular weight excluding hydrogens is 230 g/mol. The van der Waals surface area contributed by atoms with Crippen LogP contribution in [-0.2, 0) is 15.9 Å². The number of fused-ring (bicyclic) bond motifs is 1. The molecule has 7 heteroatoms. The van der Waals surface area contributed by atoms with Crippen molar-refractivity contribution in [1.29, 1.82) is 0 Å². The van der Waals surface area contributed by atoms with Gasteiger partial charge in [-0.25, -0.2) is 9.19 Å². The quantitative estimate of drug-likeness (QED) is 0.762. The van der Waals surface area contributed by atoms with Crippen LogP contribution in [0.4, 0.5) is 5.69 Å². The maximum absolute atomic E-state index is 11.0. The third kappa shape index (κ3) is 1.95. The van der Waals surface area contributed by atoms with Crippen LogP contribution < -0.4 is 5.32 Å². The zero-order valence-corrected chi connectivity index (χ0v) is 9.19. The van der Waals surface area contributed by atoms with E-state index in [2.05, 4.69) is 10.3 Å². The van der Waals surface area contributed by atoms with Crippen LogP contribution in [0.3, 0.4) is 0 Å². The highest BCUT2D eigenvalue weighted by Crippen LogP contribution is 2.14. The van der Waals surface area contributed by atoms with E-state index in [1.807, 2.05) is 0 Å². The molecule has 0 saturated carbocycles. The number of nitrogens with zero attached hydrogens (tertiary/aromatic N) is 2. The van der Waals surface area contributed by atoms with E-state index in [9.17, 15) is 9.00 Å². The van der Waals surface area contributed by atoms with Crippen molar-refractivity contribution >= 4 is 28.3 Å². The smallest absolute Gasteiger partial charge is 0.221 e. The van der Waals surface area contributed by atoms with Crippen molar-refractivity contribution in [2.24, 2.45) is 0 Å². The van der Waals surface area contributed by atoms with Crippen molar-refractivity contribution in [2.75, 3.05) is 5.32 Å². The molecule has 2 rings (SSSR count). The minimum Gasteiger partial charge on any atom is -0.325 e. The number of hydrogen-bond acceptors (Lipinski definition) is 3. The van der Waals surface area contributed by atoms with Gasteiger partial charge in [0.2, 0.25) is 17.0 Å². The van der Waals surface area contributed by atoms with Crippen molar-refractivity contribution < 1.29 is 13.6 Å². The third-order valence-electron chi connectivity index (χ3n) is 1.97. The first-order chi connectivity index (χ1) is 7.58. The van der Waals surface area contributed by atoms with Gasteiger partial charge >= 0.3 is 0 Å². The highest BCUT2D eigenvalue weighted by molar-refractivity contribution is 7.79. The molecule has 1 amide bonds. The summed E-state index contributed by atoms with van der Waals surface area (Å²) in [7, 11) is 0. The summed E-state index contributed by atoms with van der Waals surface area (Å²) in [6, 6.07) is 3.33. The lowest BCUT2D eigenvalue weighted by atomic mass is 10.4. The third-order valence-corrected chi connectivity index (χ3v) is 2.63. The summed E-state index contributed by atoms with van der Waals surface area (Å²) in [5.41, 5.74) is 1.09.